The molecule has 0 saturated carbocycles. The first kappa shape index (κ1) is 14.7. The highest BCUT2D eigenvalue weighted by Gasteiger charge is 2.24. The first-order valence-electron chi connectivity index (χ1n) is 6.19. The molecule has 1 rings (SSSR count). The number of rotatable bonds is 4. The van der Waals surface area contributed by atoms with E-state index < -0.39 is 11.5 Å². The Morgan fingerprint density at radius 1 is 1.47 bits per heavy atom. The lowest BCUT2D eigenvalue weighted by Gasteiger charge is -2.36. The van der Waals surface area contributed by atoms with Gasteiger partial charge in [-0.25, -0.2) is 4.39 Å². The molecule has 4 unspecified atom stereocenters. The SMILES string of the molecule is CC1CC(C)CN(CC(C)NC(=O)C(F)Cl)C1. The third-order valence-electron chi connectivity index (χ3n) is 3.06. The molecule has 0 aromatic carbocycles. The first-order valence-corrected chi connectivity index (χ1v) is 6.63. The molecule has 0 bridgehead atoms. The van der Waals surface area contributed by atoms with Gasteiger partial charge in [-0.3, -0.25) is 4.79 Å². The molecule has 0 aliphatic carbocycles. The summed E-state index contributed by atoms with van der Waals surface area (Å²) in [4.78, 5) is 13.4. The van der Waals surface area contributed by atoms with E-state index in [2.05, 4.69) is 24.1 Å². The molecule has 0 aromatic rings. The first-order chi connectivity index (χ1) is 7.88. The van der Waals surface area contributed by atoms with E-state index in [4.69, 9.17) is 11.6 Å². The second-order valence-electron chi connectivity index (χ2n) is 5.37. The second-order valence-corrected chi connectivity index (χ2v) is 5.76. The number of amides is 1. The van der Waals surface area contributed by atoms with E-state index in [1.807, 2.05) is 6.92 Å². The van der Waals surface area contributed by atoms with Crippen molar-refractivity contribution < 1.29 is 9.18 Å². The summed E-state index contributed by atoms with van der Waals surface area (Å²) in [5, 5.41) is 2.57. The maximum absolute atomic E-state index is 12.5. The van der Waals surface area contributed by atoms with Crippen LogP contribution in [0.1, 0.15) is 27.2 Å². The maximum Gasteiger partial charge on any atom is 0.270 e. The van der Waals surface area contributed by atoms with Crippen LogP contribution in [0.2, 0.25) is 0 Å². The minimum atomic E-state index is -1.95. The van der Waals surface area contributed by atoms with E-state index in [1.165, 1.54) is 6.42 Å². The highest BCUT2D eigenvalue weighted by Crippen LogP contribution is 2.20. The van der Waals surface area contributed by atoms with E-state index in [0.29, 0.717) is 11.8 Å². The van der Waals surface area contributed by atoms with Crippen molar-refractivity contribution in [3.05, 3.63) is 0 Å². The Bertz CT molecular complexity index is 253. The average molecular weight is 265 g/mol. The van der Waals surface area contributed by atoms with Gasteiger partial charge in [0.25, 0.3) is 11.5 Å². The molecule has 0 aromatic heterocycles. The van der Waals surface area contributed by atoms with Gasteiger partial charge in [-0.2, -0.15) is 0 Å². The van der Waals surface area contributed by atoms with Gasteiger partial charge in [-0.05, 0) is 25.2 Å². The Balaban J connectivity index is 2.35. The lowest BCUT2D eigenvalue weighted by atomic mass is 9.92. The van der Waals surface area contributed by atoms with Crippen molar-refractivity contribution in [1.82, 2.24) is 10.2 Å². The van der Waals surface area contributed by atoms with E-state index in [0.717, 1.165) is 19.6 Å². The molecule has 0 spiro atoms. The van der Waals surface area contributed by atoms with Crippen LogP contribution < -0.4 is 5.32 Å². The fourth-order valence-electron chi connectivity index (χ4n) is 2.68. The van der Waals surface area contributed by atoms with E-state index in [-0.39, 0.29) is 6.04 Å². The zero-order valence-electron chi connectivity index (χ0n) is 10.7. The zero-order chi connectivity index (χ0) is 13.0. The second kappa shape index (κ2) is 6.55. The third-order valence-corrected chi connectivity index (χ3v) is 3.26. The van der Waals surface area contributed by atoms with Gasteiger partial charge in [0, 0.05) is 25.7 Å². The summed E-state index contributed by atoms with van der Waals surface area (Å²) in [5.74, 6) is 0.629. The molecule has 1 saturated heterocycles. The average Bonchev–Trinajstić information content (AvgIpc) is 2.14. The molecule has 4 atom stereocenters. The van der Waals surface area contributed by atoms with Gasteiger partial charge >= 0.3 is 0 Å². The number of nitrogens with one attached hydrogen (secondary N) is 1. The van der Waals surface area contributed by atoms with Crippen molar-refractivity contribution in [1.29, 1.82) is 0 Å². The lowest BCUT2D eigenvalue weighted by Crippen LogP contribution is -2.47. The molecule has 5 heteroatoms. The normalized spacial score (nSPS) is 29.7. The molecule has 1 heterocycles. The van der Waals surface area contributed by atoms with Crippen LogP contribution in [0, 0.1) is 11.8 Å². The van der Waals surface area contributed by atoms with Crippen LogP contribution >= 0.6 is 11.6 Å². The summed E-state index contributed by atoms with van der Waals surface area (Å²) >= 11 is 5.07. The van der Waals surface area contributed by atoms with Crippen LogP contribution in [-0.4, -0.2) is 42.1 Å². The molecule has 17 heavy (non-hydrogen) atoms. The summed E-state index contributed by atoms with van der Waals surface area (Å²) in [6, 6.07) is -0.0722. The van der Waals surface area contributed by atoms with Crippen molar-refractivity contribution in [2.75, 3.05) is 19.6 Å². The standard InChI is InChI=1S/C12H22ClFN2O/c1-8-4-9(2)6-16(5-8)7-10(3)15-12(17)11(13)14/h8-11H,4-7H2,1-3H3,(H,15,17). The Morgan fingerprint density at radius 3 is 2.47 bits per heavy atom. The summed E-state index contributed by atoms with van der Waals surface area (Å²) in [6.45, 7) is 9.20. The van der Waals surface area contributed by atoms with Crippen molar-refractivity contribution >= 4 is 17.5 Å². The maximum atomic E-state index is 12.5. The van der Waals surface area contributed by atoms with Crippen molar-refractivity contribution in [3.8, 4) is 0 Å². The summed E-state index contributed by atoms with van der Waals surface area (Å²) in [7, 11) is 0. The van der Waals surface area contributed by atoms with Gasteiger partial charge in [0.2, 0.25) is 0 Å². The monoisotopic (exact) mass is 264 g/mol. The van der Waals surface area contributed by atoms with Crippen LogP contribution in [0.15, 0.2) is 0 Å². The molecular weight excluding hydrogens is 243 g/mol. The minimum absolute atomic E-state index is 0.0722. The van der Waals surface area contributed by atoms with Crippen LogP contribution in [0.4, 0.5) is 4.39 Å². The van der Waals surface area contributed by atoms with Crippen LogP contribution in [0.3, 0.4) is 0 Å². The minimum Gasteiger partial charge on any atom is -0.349 e. The van der Waals surface area contributed by atoms with E-state index in [1.54, 1.807) is 0 Å². The smallest absolute Gasteiger partial charge is 0.270 e. The van der Waals surface area contributed by atoms with Gasteiger partial charge in [-0.15, -0.1) is 0 Å². The Morgan fingerprint density at radius 2 is 2.00 bits per heavy atom. The molecule has 100 valence electrons. The van der Waals surface area contributed by atoms with E-state index in [9.17, 15) is 9.18 Å². The molecule has 1 aliphatic heterocycles. The third kappa shape index (κ3) is 5.21. The van der Waals surface area contributed by atoms with Crippen LogP contribution in [-0.2, 0) is 4.79 Å². The molecule has 1 aliphatic rings. The number of hydrogen-bond acceptors (Lipinski definition) is 2. The van der Waals surface area contributed by atoms with Crippen molar-refractivity contribution in [2.45, 2.75) is 38.9 Å². The molecular formula is C12H22ClFN2O. The highest BCUT2D eigenvalue weighted by molar-refractivity contribution is 6.29. The number of carbonyl (C=O) groups excluding carboxylic acids is 1. The van der Waals surface area contributed by atoms with Crippen molar-refractivity contribution in [3.63, 3.8) is 0 Å². The quantitative estimate of drug-likeness (QED) is 0.788. The summed E-state index contributed by atoms with van der Waals surface area (Å²) in [5.41, 5.74) is -1.95. The molecule has 1 fully saturated rings. The van der Waals surface area contributed by atoms with Crippen LogP contribution in [0.25, 0.3) is 0 Å². The van der Waals surface area contributed by atoms with Crippen molar-refractivity contribution in [2.24, 2.45) is 11.8 Å². The van der Waals surface area contributed by atoms with Gasteiger partial charge in [0.1, 0.15) is 0 Å². The predicted octanol–water partition coefficient (Wildman–Crippen LogP) is 2.00. The largest absolute Gasteiger partial charge is 0.349 e. The number of likely N-dealkylation sites (tertiary alicyclic amines) is 1. The van der Waals surface area contributed by atoms with Gasteiger partial charge in [0.15, 0.2) is 0 Å². The number of hydrogen-bond donors (Lipinski definition) is 1. The number of alkyl halides is 2. The number of carbonyl (C=O) groups is 1. The Labute approximate surface area is 108 Å². The molecule has 0 radical (unpaired) electrons. The van der Waals surface area contributed by atoms with Gasteiger partial charge in [-0.1, -0.05) is 25.4 Å². The van der Waals surface area contributed by atoms with E-state index >= 15 is 0 Å². The predicted molar refractivity (Wildman–Crippen MR) is 67.7 cm³/mol. The highest BCUT2D eigenvalue weighted by atomic mass is 35.5. The number of nitrogens with zero attached hydrogens (tertiary/aromatic N) is 1. The Hall–Kier alpha value is -0.350. The molecule has 1 amide bonds. The Kier molecular flexibility index (Phi) is 5.67. The zero-order valence-corrected chi connectivity index (χ0v) is 11.5. The summed E-state index contributed by atoms with van der Waals surface area (Å²) in [6.07, 6.45) is 1.26. The summed E-state index contributed by atoms with van der Waals surface area (Å²) < 4.78 is 12.5. The fourth-order valence-corrected chi connectivity index (χ4v) is 2.74. The van der Waals surface area contributed by atoms with Crippen LogP contribution in [0.5, 0.6) is 0 Å². The lowest BCUT2D eigenvalue weighted by molar-refractivity contribution is -0.124. The molecule has 1 N–H and O–H groups in total. The van der Waals surface area contributed by atoms with Gasteiger partial charge < -0.3 is 10.2 Å². The van der Waals surface area contributed by atoms with Gasteiger partial charge in [0.05, 0.1) is 0 Å². The number of halogens is 2. The molecule has 3 nitrogen and oxygen atoms in total. The topological polar surface area (TPSA) is 32.3 Å². The number of piperidine rings is 1. The fraction of sp³-hybridized carbons (Fsp3) is 0.917.